The van der Waals surface area contributed by atoms with Gasteiger partial charge in [-0.3, -0.25) is 0 Å². The molecule has 3 nitrogen and oxygen atoms in total. The molecular formula is C11H20N2O. The minimum absolute atomic E-state index is 0.186. The van der Waals surface area contributed by atoms with Crippen molar-refractivity contribution in [1.82, 2.24) is 9.55 Å². The molecule has 0 saturated carbocycles. The zero-order chi connectivity index (χ0) is 10.2. The number of nitrogens with zero attached hydrogens (tertiary/aromatic N) is 2. The molecule has 0 spiro atoms. The Hall–Kier alpha value is -0.830. The Morgan fingerprint density at radius 3 is 2.93 bits per heavy atom. The van der Waals surface area contributed by atoms with Crippen molar-refractivity contribution in [3.63, 3.8) is 0 Å². The van der Waals surface area contributed by atoms with Gasteiger partial charge in [-0.1, -0.05) is 26.2 Å². The molecule has 3 heteroatoms. The second-order valence-electron chi connectivity index (χ2n) is 3.57. The lowest BCUT2D eigenvalue weighted by molar-refractivity contribution is 0.294. The summed E-state index contributed by atoms with van der Waals surface area (Å²) in [6.07, 6.45) is 9.55. The molecular weight excluding hydrogens is 176 g/mol. The third-order valence-corrected chi connectivity index (χ3v) is 2.39. The second-order valence-corrected chi connectivity index (χ2v) is 3.57. The first-order valence-corrected chi connectivity index (χ1v) is 5.49. The number of rotatable bonds is 7. The summed E-state index contributed by atoms with van der Waals surface area (Å²) in [7, 11) is 0. The van der Waals surface area contributed by atoms with Crippen LogP contribution in [0.15, 0.2) is 12.4 Å². The van der Waals surface area contributed by atoms with Gasteiger partial charge in [0, 0.05) is 25.4 Å². The fraction of sp³-hybridized carbons (Fsp3) is 0.727. The molecule has 1 aromatic rings. The van der Waals surface area contributed by atoms with Gasteiger partial charge in [-0.25, -0.2) is 4.98 Å². The van der Waals surface area contributed by atoms with Crippen LogP contribution >= 0.6 is 0 Å². The van der Waals surface area contributed by atoms with Crippen LogP contribution in [0.4, 0.5) is 0 Å². The summed E-state index contributed by atoms with van der Waals surface area (Å²) in [4.78, 5) is 4.21. The molecule has 80 valence electrons. The van der Waals surface area contributed by atoms with Crippen molar-refractivity contribution in [3.05, 3.63) is 18.2 Å². The Labute approximate surface area is 85.8 Å². The van der Waals surface area contributed by atoms with E-state index >= 15 is 0 Å². The first-order valence-electron chi connectivity index (χ1n) is 5.49. The molecule has 0 amide bonds. The van der Waals surface area contributed by atoms with Crippen molar-refractivity contribution in [2.45, 2.75) is 45.6 Å². The van der Waals surface area contributed by atoms with Crippen LogP contribution in [0.1, 0.15) is 38.4 Å². The highest BCUT2D eigenvalue weighted by molar-refractivity contribution is 4.92. The number of aromatic nitrogens is 2. The van der Waals surface area contributed by atoms with E-state index in [2.05, 4.69) is 16.5 Å². The number of aliphatic hydroxyl groups excluding tert-OH is 1. The number of imidazole rings is 1. The van der Waals surface area contributed by atoms with Crippen molar-refractivity contribution < 1.29 is 5.11 Å². The molecule has 0 aliphatic rings. The highest BCUT2D eigenvalue weighted by Crippen LogP contribution is 2.04. The average molecular weight is 196 g/mol. The monoisotopic (exact) mass is 196 g/mol. The molecule has 1 aromatic heterocycles. The minimum Gasteiger partial charge on any atom is -0.396 e. The lowest BCUT2D eigenvalue weighted by Crippen LogP contribution is -2.05. The number of aliphatic hydroxyl groups is 1. The predicted octanol–water partition coefficient (Wildman–Crippen LogP) is 2.00. The molecule has 0 bridgehead atoms. The van der Waals surface area contributed by atoms with E-state index in [4.69, 9.17) is 5.11 Å². The Morgan fingerprint density at radius 1 is 1.36 bits per heavy atom. The first-order chi connectivity index (χ1) is 6.88. The molecule has 0 atom stereocenters. The summed E-state index contributed by atoms with van der Waals surface area (Å²) >= 11 is 0. The van der Waals surface area contributed by atoms with Gasteiger partial charge in [0.2, 0.25) is 0 Å². The lowest BCUT2D eigenvalue weighted by Gasteiger charge is -2.06. The van der Waals surface area contributed by atoms with Gasteiger partial charge in [0.25, 0.3) is 0 Å². The van der Waals surface area contributed by atoms with Crippen LogP contribution in [0.3, 0.4) is 0 Å². The second kappa shape index (κ2) is 6.60. The standard InChI is InChI=1S/C11H20N2O/c1-2-3-4-5-8-13-9-7-12-11(13)6-10-14/h7,9,14H,2-6,8,10H2,1H3. The van der Waals surface area contributed by atoms with E-state index in [9.17, 15) is 0 Å². The number of aryl methyl sites for hydroxylation is 1. The van der Waals surface area contributed by atoms with Crippen LogP contribution in [-0.4, -0.2) is 21.3 Å². The molecule has 1 heterocycles. The molecule has 1 N–H and O–H groups in total. The maximum atomic E-state index is 8.82. The van der Waals surface area contributed by atoms with Gasteiger partial charge in [-0.2, -0.15) is 0 Å². The predicted molar refractivity (Wildman–Crippen MR) is 57.2 cm³/mol. The van der Waals surface area contributed by atoms with Gasteiger partial charge >= 0.3 is 0 Å². The van der Waals surface area contributed by atoms with Gasteiger partial charge in [0.15, 0.2) is 0 Å². The molecule has 0 aliphatic heterocycles. The van der Waals surface area contributed by atoms with Crippen molar-refractivity contribution in [1.29, 1.82) is 0 Å². The SMILES string of the molecule is CCCCCCn1ccnc1CCO. The normalized spacial score (nSPS) is 10.7. The molecule has 0 radical (unpaired) electrons. The number of hydrogen-bond donors (Lipinski definition) is 1. The van der Waals surface area contributed by atoms with E-state index in [1.807, 2.05) is 12.4 Å². The number of hydrogen-bond acceptors (Lipinski definition) is 2. The topological polar surface area (TPSA) is 38.0 Å². The Kier molecular flexibility index (Phi) is 5.30. The lowest BCUT2D eigenvalue weighted by atomic mass is 10.2. The highest BCUT2D eigenvalue weighted by Gasteiger charge is 2.00. The van der Waals surface area contributed by atoms with E-state index in [-0.39, 0.29) is 6.61 Å². The quantitative estimate of drug-likeness (QED) is 0.677. The summed E-state index contributed by atoms with van der Waals surface area (Å²) in [6.45, 7) is 3.44. The van der Waals surface area contributed by atoms with Crippen LogP contribution in [-0.2, 0) is 13.0 Å². The summed E-state index contributed by atoms with van der Waals surface area (Å²) < 4.78 is 2.14. The fourth-order valence-electron chi connectivity index (χ4n) is 1.58. The molecule has 0 unspecified atom stereocenters. The van der Waals surface area contributed by atoms with Crippen LogP contribution < -0.4 is 0 Å². The van der Waals surface area contributed by atoms with Crippen LogP contribution in [0.2, 0.25) is 0 Å². The highest BCUT2D eigenvalue weighted by atomic mass is 16.3. The molecule has 1 rings (SSSR count). The zero-order valence-corrected chi connectivity index (χ0v) is 8.95. The van der Waals surface area contributed by atoms with Gasteiger partial charge in [0.05, 0.1) is 6.61 Å². The zero-order valence-electron chi connectivity index (χ0n) is 8.95. The van der Waals surface area contributed by atoms with Crippen molar-refractivity contribution in [2.75, 3.05) is 6.61 Å². The fourth-order valence-corrected chi connectivity index (χ4v) is 1.58. The average Bonchev–Trinajstić information content (AvgIpc) is 2.61. The summed E-state index contributed by atoms with van der Waals surface area (Å²) in [6, 6.07) is 0. The van der Waals surface area contributed by atoms with Gasteiger partial charge in [0.1, 0.15) is 5.82 Å². The van der Waals surface area contributed by atoms with Crippen molar-refractivity contribution in [2.24, 2.45) is 0 Å². The van der Waals surface area contributed by atoms with Crippen LogP contribution in [0.5, 0.6) is 0 Å². The third kappa shape index (κ3) is 3.50. The summed E-state index contributed by atoms with van der Waals surface area (Å²) in [5.41, 5.74) is 0. The molecule has 0 fully saturated rings. The smallest absolute Gasteiger partial charge is 0.110 e. The Bertz CT molecular complexity index is 245. The molecule has 0 aliphatic carbocycles. The molecule has 0 saturated heterocycles. The van der Waals surface area contributed by atoms with E-state index in [0.29, 0.717) is 6.42 Å². The van der Waals surface area contributed by atoms with Gasteiger partial charge in [-0.15, -0.1) is 0 Å². The van der Waals surface area contributed by atoms with E-state index < -0.39 is 0 Å². The van der Waals surface area contributed by atoms with Crippen molar-refractivity contribution >= 4 is 0 Å². The molecule has 14 heavy (non-hydrogen) atoms. The van der Waals surface area contributed by atoms with Gasteiger partial charge in [-0.05, 0) is 6.42 Å². The Morgan fingerprint density at radius 2 is 2.21 bits per heavy atom. The van der Waals surface area contributed by atoms with Crippen LogP contribution in [0, 0.1) is 0 Å². The van der Waals surface area contributed by atoms with E-state index in [1.54, 1.807) is 0 Å². The maximum absolute atomic E-state index is 8.82. The minimum atomic E-state index is 0.186. The van der Waals surface area contributed by atoms with Crippen LogP contribution in [0.25, 0.3) is 0 Å². The third-order valence-electron chi connectivity index (χ3n) is 2.39. The Balaban J connectivity index is 2.30. The van der Waals surface area contributed by atoms with Crippen molar-refractivity contribution in [3.8, 4) is 0 Å². The summed E-state index contributed by atoms with van der Waals surface area (Å²) in [5.74, 6) is 1.00. The van der Waals surface area contributed by atoms with E-state index in [0.717, 1.165) is 12.4 Å². The maximum Gasteiger partial charge on any atom is 0.110 e. The first kappa shape index (κ1) is 11.2. The summed E-state index contributed by atoms with van der Waals surface area (Å²) in [5, 5.41) is 8.82. The number of unbranched alkanes of at least 4 members (excludes halogenated alkanes) is 3. The van der Waals surface area contributed by atoms with Gasteiger partial charge < -0.3 is 9.67 Å². The largest absolute Gasteiger partial charge is 0.396 e. The van der Waals surface area contributed by atoms with E-state index in [1.165, 1.54) is 25.7 Å². The molecule has 0 aromatic carbocycles.